The number of pyridine rings is 1. The topological polar surface area (TPSA) is 73.4 Å². The first kappa shape index (κ1) is 17.1. The number of H-pyrrole nitrogens is 1. The maximum absolute atomic E-state index is 12.5. The highest BCUT2D eigenvalue weighted by molar-refractivity contribution is 6.00. The molecule has 4 rings (SSSR count). The molecule has 0 unspecified atom stereocenters. The molecule has 0 saturated heterocycles. The summed E-state index contributed by atoms with van der Waals surface area (Å²) < 4.78 is 16.5. The molecule has 138 valence electrons. The van der Waals surface area contributed by atoms with Crippen molar-refractivity contribution in [1.82, 2.24) is 9.97 Å². The predicted molar refractivity (Wildman–Crippen MR) is 101 cm³/mol. The normalized spacial score (nSPS) is 13.9. The van der Waals surface area contributed by atoms with Crippen LogP contribution in [0.1, 0.15) is 29.9 Å². The van der Waals surface area contributed by atoms with Gasteiger partial charge in [0.1, 0.15) is 22.8 Å². The molecule has 0 atom stereocenters. The maximum Gasteiger partial charge on any atom is 0.355 e. The second kappa shape index (κ2) is 6.16. The molecule has 0 amide bonds. The summed E-state index contributed by atoms with van der Waals surface area (Å²) in [5.41, 5.74) is 4.00. The number of rotatable bonds is 3. The number of aromatic nitrogens is 2. The van der Waals surface area contributed by atoms with Crippen LogP contribution in [0, 0.1) is 0 Å². The minimum atomic E-state index is -0.663. The van der Waals surface area contributed by atoms with E-state index in [0.29, 0.717) is 11.4 Å². The molecule has 3 heterocycles. The summed E-state index contributed by atoms with van der Waals surface area (Å²) in [6.07, 6.45) is 3.39. The summed E-state index contributed by atoms with van der Waals surface area (Å²) in [6.45, 7) is 3.95. The van der Waals surface area contributed by atoms with Crippen LogP contribution in [-0.4, -0.2) is 30.2 Å². The lowest BCUT2D eigenvalue weighted by Gasteiger charge is -2.33. The van der Waals surface area contributed by atoms with Crippen molar-refractivity contribution in [3.63, 3.8) is 0 Å². The molecule has 27 heavy (non-hydrogen) atoms. The molecular formula is C21H20N2O4. The van der Waals surface area contributed by atoms with Crippen molar-refractivity contribution in [3.05, 3.63) is 54.0 Å². The number of nitrogens with zero attached hydrogens (tertiary/aromatic N) is 1. The Kier molecular flexibility index (Phi) is 3.91. The van der Waals surface area contributed by atoms with Gasteiger partial charge in [-0.25, -0.2) is 4.79 Å². The number of methoxy groups -OCH3 is 2. The molecule has 2 aromatic heterocycles. The van der Waals surface area contributed by atoms with E-state index in [0.717, 1.165) is 33.7 Å². The molecule has 0 radical (unpaired) electrons. The van der Waals surface area contributed by atoms with E-state index in [-0.39, 0.29) is 0 Å². The van der Waals surface area contributed by atoms with Crippen LogP contribution >= 0.6 is 0 Å². The minimum absolute atomic E-state index is 0.397. The Hall–Kier alpha value is -3.28. The lowest BCUT2D eigenvalue weighted by atomic mass is 9.86. The van der Waals surface area contributed by atoms with Gasteiger partial charge < -0.3 is 19.2 Å². The molecule has 0 aliphatic carbocycles. The molecule has 1 aliphatic rings. The van der Waals surface area contributed by atoms with Gasteiger partial charge >= 0.3 is 5.97 Å². The van der Waals surface area contributed by atoms with Gasteiger partial charge in [-0.15, -0.1) is 0 Å². The molecule has 1 aliphatic heterocycles. The van der Waals surface area contributed by atoms with Crippen LogP contribution in [0.4, 0.5) is 0 Å². The number of carbonyl (C=O) groups excluding carboxylic acids is 1. The lowest BCUT2D eigenvalue weighted by molar-refractivity contribution is 0.0595. The van der Waals surface area contributed by atoms with Crippen LogP contribution in [0.25, 0.3) is 22.4 Å². The molecule has 0 bridgehead atoms. The van der Waals surface area contributed by atoms with Gasteiger partial charge in [0, 0.05) is 22.9 Å². The van der Waals surface area contributed by atoms with E-state index in [9.17, 15) is 4.79 Å². The average Bonchev–Trinajstić information content (AvgIpc) is 3.09. The fourth-order valence-corrected chi connectivity index (χ4v) is 3.60. The number of hydrogen-bond donors (Lipinski definition) is 1. The van der Waals surface area contributed by atoms with E-state index < -0.39 is 11.6 Å². The first-order chi connectivity index (χ1) is 13.0. The van der Waals surface area contributed by atoms with Crippen molar-refractivity contribution in [3.8, 4) is 33.9 Å². The second-order valence-electron chi connectivity index (χ2n) is 6.83. The fourth-order valence-electron chi connectivity index (χ4n) is 3.60. The molecule has 6 nitrogen and oxygen atoms in total. The first-order valence-corrected chi connectivity index (χ1v) is 8.59. The number of esters is 1. The van der Waals surface area contributed by atoms with Gasteiger partial charge in [-0.05, 0) is 37.6 Å². The first-order valence-electron chi connectivity index (χ1n) is 8.59. The third kappa shape index (κ3) is 2.65. The van der Waals surface area contributed by atoms with Crippen molar-refractivity contribution in [2.75, 3.05) is 14.2 Å². The second-order valence-corrected chi connectivity index (χ2v) is 6.83. The molecule has 6 heteroatoms. The summed E-state index contributed by atoms with van der Waals surface area (Å²) in [5, 5.41) is 0. The Bertz CT molecular complexity index is 1020. The van der Waals surface area contributed by atoms with E-state index >= 15 is 0 Å². The van der Waals surface area contributed by atoms with Crippen molar-refractivity contribution in [1.29, 1.82) is 0 Å². The predicted octanol–water partition coefficient (Wildman–Crippen LogP) is 4.17. The summed E-state index contributed by atoms with van der Waals surface area (Å²) in [5.74, 6) is 0.991. The van der Waals surface area contributed by atoms with Crippen LogP contribution in [0.5, 0.6) is 11.5 Å². The number of nitrogens with one attached hydrogen (secondary N) is 1. The van der Waals surface area contributed by atoms with E-state index in [1.54, 1.807) is 19.5 Å². The van der Waals surface area contributed by atoms with Crippen LogP contribution in [0.2, 0.25) is 0 Å². The highest BCUT2D eigenvalue weighted by Crippen LogP contribution is 2.49. The van der Waals surface area contributed by atoms with E-state index in [1.807, 2.05) is 44.2 Å². The van der Waals surface area contributed by atoms with Gasteiger partial charge in [0.2, 0.25) is 0 Å². The maximum atomic E-state index is 12.5. The van der Waals surface area contributed by atoms with E-state index in [2.05, 4.69) is 9.97 Å². The van der Waals surface area contributed by atoms with E-state index in [1.165, 1.54) is 7.11 Å². The molecular weight excluding hydrogens is 344 g/mol. The van der Waals surface area contributed by atoms with Crippen LogP contribution < -0.4 is 9.47 Å². The average molecular weight is 364 g/mol. The zero-order valence-electron chi connectivity index (χ0n) is 15.6. The highest BCUT2D eigenvalue weighted by atomic mass is 16.5. The van der Waals surface area contributed by atoms with Gasteiger partial charge in [-0.2, -0.15) is 0 Å². The summed E-state index contributed by atoms with van der Waals surface area (Å²) in [4.78, 5) is 20.0. The monoisotopic (exact) mass is 364 g/mol. The van der Waals surface area contributed by atoms with Gasteiger partial charge in [0.15, 0.2) is 0 Å². The fraction of sp³-hybridized carbons (Fsp3) is 0.238. The van der Waals surface area contributed by atoms with Crippen molar-refractivity contribution in [2.45, 2.75) is 19.4 Å². The summed E-state index contributed by atoms with van der Waals surface area (Å²) >= 11 is 0. The number of fused-ring (bicyclic) bond motifs is 3. The van der Waals surface area contributed by atoms with Crippen LogP contribution in [-0.2, 0) is 10.3 Å². The number of ether oxygens (including phenoxy) is 3. The van der Waals surface area contributed by atoms with Crippen LogP contribution in [0.15, 0.2) is 42.7 Å². The largest absolute Gasteiger partial charge is 0.497 e. The number of carbonyl (C=O) groups is 1. The van der Waals surface area contributed by atoms with Gasteiger partial charge in [0.05, 0.1) is 26.1 Å². The van der Waals surface area contributed by atoms with Gasteiger partial charge in [-0.3, -0.25) is 4.98 Å². The van der Waals surface area contributed by atoms with Gasteiger partial charge in [-0.1, -0.05) is 12.1 Å². The summed E-state index contributed by atoms with van der Waals surface area (Å²) in [7, 11) is 2.99. The van der Waals surface area contributed by atoms with E-state index in [4.69, 9.17) is 14.2 Å². The zero-order chi connectivity index (χ0) is 19.2. The molecule has 3 aromatic rings. The smallest absolute Gasteiger partial charge is 0.355 e. The standard InChI is InChI=1S/C21H20N2O4/c1-21(2)17-16(12-5-7-13(25-3)8-6-12)19(20(24)26-4)23-18(17)14-9-10-22-11-15(14)27-21/h5-11,23H,1-4H3. The SMILES string of the molecule is COC(=O)c1[nH]c2c(c1-c1ccc(OC)cc1)C(C)(C)Oc1cnccc1-2. The van der Waals surface area contributed by atoms with Crippen molar-refractivity contribution in [2.24, 2.45) is 0 Å². The number of aromatic amines is 1. The van der Waals surface area contributed by atoms with Crippen LogP contribution in [0.3, 0.4) is 0 Å². The highest BCUT2D eigenvalue weighted by Gasteiger charge is 2.39. The Morgan fingerprint density at radius 1 is 1.15 bits per heavy atom. The Balaban J connectivity index is 2.03. The summed E-state index contributed by atoms with van der Waals surface area (Å²) in [6, 6.07) is 9.45. The molecule has 1 aromatic carbocycles. The number of hydrogen-bond acceptors (Lipinski definition) is 5. The third-order valence-corrected chi connectivity index (χ3v) is 4.79. The van der Waals surface area contributed by atoms with Crippen molar-refractivity contribution < 1.29 is 19.0 Å². The minimum Gasteiger partial charge on any atom is -0.497 e. The molecule has 0 saturated carbocycles. The Labute approximate surface area is 157 Å². The molecule has 0 spiro atoms. The Morgan fingerprint density at radius 3 is 2.56 bits per heavy atom. The molecule has 1 N–H and O–H groups in total. The molecule has 0 fully saturated rings. The van der Waals surface area contributed by atoms with Gasteiger partial charge in [0.25, 0.3) is 0 Å². The third-order valence-electron chi connectivity index (χ3n) is 4.79. The zero-order valence-corrected chi connectivity index (χ0v) is 15.6. The quantitative estimate of drug-likeness (QED) is 0.706. The Morgan fingerprint density at radius 2 is 1.89 bits per heavy atom. The van der Waals surface area contributed by atoms with Crippen molar-refractivity contribution >= 4 is 5.97 Å². The number of benzene rings is 1. The lowest BCUT2D eigenvalue weighted by Crippen LogP contribution is -2.29.